The molecule has 0 unspecified atom stereocenters. The fourth-order valence-electron chi connectivity index (χ4n) is 0. The Morgan fingerprint density at radius 1 is 1.25 bits per heavy atom. The second kappa shape index (κ2) is 18.1. The van der Waals surface area contributed by atoms with Crippen molar-refractivity contribution in [3.63, 3.8) is 0 Å². The van der Waals surface area contributed by atoms with Gasteiger partial charge in [0.25, 0.3) is 0 Å². The van der Waals surface area contributed by atoms with Gasteiger partial charge in [-0.3, -0.25) is 0 Å². The van der Waals surface area contributed by atoms with Gasteiger partial charge < -0.3 is 0 Å². The Morgan fingerprint density at radius 2 is 1.25 bits per heavy atom. The molecule has 0 N–H and O–H groups in total. The predicted molar refractivity (Wildman–Crippen MR) is 13.3 cm³/mol. The largest absolute Gasteiger partial charge is 0 e. The molecule has 0 spiro atoms. The molecule has 0 nitrogen and oxygen atoms in total. The van der Waals surface area contributed by atoms with Crippen LogP contribution in [-0.4, -0.2) is 25.8 Å². The van der Waals surface area contributed by atoms with Crippen molar-refractivity contribution in [3.05, 3.63) is 0 Å². The average Bonchev–Trinajstić information content (AvgIpc) is 1.00. The standard InChI is InChI=1S/In.Mo.S.Zn. The Kier molecular flexibility index (Phi) is 73.2. The molecule has 0 saturated heterocycles. The van der Waals surface area contributed by atoms with E-state index in [-0.39, 0.29) is 45.3 Å². The summed E-state index contributed by atoms with van der Waals surface area (Å²) >= 11 is 1.53. The molecule has 0 bridgehead atoms. The third kappa shape index (κ3) is 8.83. The van der Waals surface area contributed by atoms with Gasteiger partial charge in [-0.1, -0.05) is 0 Å². The van der Waals surface area contributed by atoms with Crippen LogP contribution in [0.3, 0.4) is 0 Å². The fourth-order valence-corrected chi connectivity index (χ4v) is 0. The average molecular weight is 308 g/mol. The van der Waals surface area contributed by atoms with Crippen LogP contribution in [0.1, 0.15) is 0 Å². The smallest absolute Gasteiger partial charge is 0 e. The summed E-state index contributed by atoms with van der Waals surface area (Å²) in [6.07, 6.45) is 0. The van der Waals surface area contributed by atoms with E-state index < -0.39 is 0 Å². The summed E-state index contributed by atoms with van der Waals surface area (Å²) in [7, 11) is 4.09. The molecule has 0 aliphatic rings. The number of hydrogen-bond donors (Lipinski definition) is 0. The van der Waals surface area contributed by atoms with Crippen molar-refractivity contribution in [2.75, 3.05) is 0 Å². The van der Waals surface area contributed by atoms with Crippen LogP contribution >= 0.6 is 9.82 Å². The van der Waals surface area contributed by atoms with Gasteiger partial charge in [-0.2, -0.15) is 0 Å². The molecule has 0 aliphatic carbocycles. The van der Waals surface area contributed by atoms with Gasteiger partial charge in [-0.15, -0.1) is 0 Å². The normalized spacial score (nSPS) is 1.00. The molecule has 0 saturated carbocycles. The first-order valence-electron chi connectivity index (χ1n) is 0.167. The fraction of sp³-hybridized carbons (Fsp3) is 0. The van der Waals surface area contributed by atoms with E-state index in [2.05, 4.69) is 9.82 Å². The minimum absolute atomic E-state index is 0. The van der Waals surface area contributed by atoms with E-state index in [0.29, 0.717) is 0 Å². The molecule has 0 amide bonds. The minimum atomic E-state index is 0. The van der Waals surface area contributed by atoms with Gasteiger partial charge in [-0.05, 0) is 0 Å². The van der Waals surface area contributed by atoms with Crippen molar-refractivity contribution in [2.24, 2.45) is 0 Å². The summed E-state index contributed by atoms with van der Waals surface area (Å²) in [6.45, 7) is 0. The molecular formula is InMoSZn. The topological polar surface area (TPSA) is 0 Å². The Labute approximate surface area is 72.0 Å². The van der Waals surface area contributed by atoms with Gasteiger partial charge >= 0.3 is 27.8 Å². The van der Waals surface area contributed by atoms with E-state index in [1.165, 1.54) is 18.0 Å². The summed E-state index contributed by atoms with van der Waals surface area (Å²) in [5.74, 6) is 0. The summed E-state index contributed by atoms with van der Waals surface area (Å²) in [5.41, 5.74) is 0. The van der Waals surface area contributed by atoms with E-state index >= 15 is 0 Å². The molecule has 0 aromatic carbocycles. The predicted octanol–water partition coefficient (Wildman–Crippen LogP) is 0.262. The zero-order valence-corrected chi connectivity index (χ0v) is 11.2. The Bertz CT molecular complexity index is 8.00. The molecule has 0 aliphatic heterocycles. The first-order chi connectivity index (χ1) is 1.00. The molecule has 0 aromatic heterocycles. The van der Waals surface area contributed by atoms with E-state index in [4.69, 9.17) is 0 Å². The number of rotatable bonds is 0. The van der Waals surface area contributed by atoms with Crippen molar-refractivity contribution >= 4 is 35.7 Å². The van der Waals surface area contributed by atoms with Crippen LogP contribution in [0.15, 0.2) is 0 Å². The molecule has 4 heavy (non-hydrogen) atoms. The van der Waals surface area contributed by atoms with Crippen LogP contribution in [0, 0.1) is 0 Å². The Balaban J connectivity index is -0.00000000500. The van der Waals surface area contributed by atoms with Gasteiger partial charge in [0.15, 0.2) is 0 Å². The van der Waals surface area contributed by atoms with Gasteiger partial charge in [0.1, 0.15) is 0 Å². The summed E-state index contributed by atoms with van der Waals surface area (Å²) in [6, 6.07) is 0. The summed E-state index contributed by atoms with van der Waals surface area (Å²) in [4.78, 5) is 0. The van der Waals surface area contributed by atoms with E-state index in [0.717, 1.165) is 0 Å². The molecule has 0 aromatic rings. The maximum Gasteiger partial charge on any atom is 0 e. The van der Waals surface area contributed by atoms with Crippen molar-refractivity contribution in [2.45, 2.75) is 0 Å². The van der Waals surface area contributed by atoms with Gasteiger partial charge in [0.05, 0.1) is 0 Å². The van der Waals surface area contributed by atoms with Crippen LogP contribution in [0.4, 0.5) is 0 Å². The monoisotopic (exact) mass is 309 g/mol. The minimum Gasteiger partial charge on any atom is 0 e. The first-order valence-corrected chi connectivity index (χ1v) is 2.96. The van der Waals surface area contributed by atoms with Crippen LogP contribution in [-0.2, 0) is 37.5 Å². The van der Waals surface area contributed by atoms with Crippen molar-refractivity contribution in [3.8, 4) is 0 Å². The molecule has 0 atom stereocenters. The Morgan fingerprint density at radius 3 is 1.25 bits per heavy atom. The molecule has 0 fully saturated rings. The van der Waals surface area contributed by atoms with Gasteiger partial charge in [0.2, 0.25) is 0 Å². The van der Waals surface area contributed by atoms with Crippen molar-refractivity contribution in [1.29, 1.82) is 0 Å². The Hall–Kier alpha value is 2.40. The van der Waals surface area contributed by atoms with Gasteiger partial charge in [0, 0.05) is 45.3 Å². The maximum absolute atomic E-state index is 4.09. The van der Waals surface area contributed by atoms with Gasteiger partial charge in [-0.25, -0.2) is 0 Å². The number of hydrogen-bond acceptors (Lipinski definition) is 1. The molecular weight excluding hydrogens is 308 g/mol. The van der Waals surface area contributed by atoms with E-state index in [1.807, 2.05) is 0 Å². The zero-order valence-electron chi connectivity index (χ0n) is 2.10. The van der Waals surface area contributed by atoms with Crippen molar-refractivity contribution < 1.29 is 37.5 Å². The van der Waals surface area contributed by atoms with Crippen LogP contribution in [0.25, 0.3) is 0 Å². The maximum atomic E-state index is 4.09. The molecule has 0 heterocycles. The SMILES string of the molecule is [In].[S]=[Mo].[Zn]. The molecule has 3 radical (unpaired) electrons. The second-order valence-electron chi connectivity index (χ2n) is 0. The summed E-state index contributed by atoms with van der Waals surface area (Å²) < 4.78 is 0. The second-order valence-corrected chi connectivity index (χ2v) is 0. The molecule has 17 valence electrons. The zero-order chi connectivity index (χ0) is 2.00. The first kappa shape index (κ1) is 16.1. The van der Waals surface area contributed by atoms with Crippen LogP contribution < -0.4 is 0 Å². The third-order valence-electron chi connectivity index (χ3n) is 0. The molecule has 4 heteroatoms. The van der Waals surface area contributed by atoms with Crippen LogP contribution in [0.2, 0.25) is 0 Å². The summed E-state index contributed by atoms with van der Waals surface area (Å²) in [5, 5.41) is 0. The van der Waals surface area contributed by atoms with E-state index in [9.17, 15) is 0 Å². The van der Waals surface area contributed by atoms with Crippen molar-refractivity contribution in [1.82, 2.24) is 0 Å². The quantitative estimate of drug-likeness (QED) is 0.579. The molecule has 0 rings (SSSR count). The van der Waals surface area contributed by atoms with E-state index in [1.54, 1.807) is 0 Å². The third-order valence-corrected chi connectivity index (χ3v) is 0. The van der Waals surface area contributed by atoms with Crippen LogP contribution in [0.5, 0.6) is 0 Å².